The van der Waals surface area contributed by atoms with E-state index in [1.165, 1.54) is 11.3 Å². The van der Waals surface area contributed by atoms with Gasteiger partial charge < -0.3 is 15.3 Å². The quantitative estimate of drug-likeness (QED) is 0.845. The van der Waals surface area contributed by atoms with Crippen LogP contribution in [0.1, 0.15) is 23.8 Å². The summed E-state index contributed by atoms with van der Waals surface area (Å²) in [6.45, 7) is 2.65. The third-order valence-electron chi connectivity index (χ3n) is 3.60. The Kier molecular flexibility index (Phi) is 6.36. The van der Waals surface area contributed by atoms with Crippen molar-refractivity contribution in [3.8, 4) is 16.5 Å². The molecule has 2 N–H and O–H groups in total. The first-order chi connectivity index (χ1) is 11.5. The van der Waals surface area contributed by atoms with E-state index < -0.39 is 6.10 Å². The van der Waals surface area contributed by atoms with Crippen LogP contribution in [-0.4, -0.2) is 35.7 Å². The van der Waals surface area contributed by atoms with Gasteiger partial charge in [-0.05, 0) is 42.7 Å². The number of aliphatic hydroxyl groups is 1. The number of nitriles is 1. The molecule has 0 saturated carbocycles. The SMILES string of the molecule is C[C@@H](O)CCN(C)C(=O)NCc1cccc(-c2ccc(C#N)s2)c1. The van der Waals surface area contributed by atoms with Crippen LogP contribution in [0.25, 0.3) is 10.4 Å². The van der Waals surface area contributed by atoms with Crippen LogP contribution in [0.5, 0.6) is 0 Å². The molecule has 0 aliphatic rings. The van der Waals surface area contributed by atoms with E-state index in [-0.39, 0.29) is 6.03 Å². The van der Waals surface area contributed by atoms with Crippen LogP contribution in [0.15, 0.2) is 36.4 Å². The third kappa shape index (κ3) is 5.08. The Balaban J connectivity index is 1.95. The highest BCUT2D eigenvalue weighted by atomic mass is 32.1. The predicted octanol–water partition coefficient (Wildman–Crippen LogP) is 3.20. The van der Waals surface area contributed by atoms with Crippen LogP contribution >= 0.6 is 11.3 Å². The summed E-state index contributed by atoms with van der Waals surface area (Å²) in [7, 11) is 1.71. The summed E-state index contributed by atoms with van der Waals surface area (Å²) in [6.07, 6.45) is 0.139. The van der Waals surface area contributed by atoms with Crippen molar-refractivity contribution >= 4 is 17.4 Å². The Labute approximate surface area is 146 Å². The van der Waals surface area contributed by atoms with E-state index in [0.717, 1.165) is 16.0 Å². The summed E-state index contributed by atoms with van der Waals surface area (Å²) in [5.41, 5.74) is 2.03. The fraction of sp³-hybridized carbons (Fsp3) is 0.333. The Morgan fingerprint density at radius 1 is 1.42 bits per heavy atom. The van der Waals surface area contributed by atoms with Crippen LogP contribution in [0.3, 0.4) is 0 Å². The number of amides is 2. The second kappa shape index (κ2) is 8.48. The van der Waals surface area contributed by atoms with Crippen molar-refractivity contribution in [2.45, 2.75) is 26.0 Å². The molecule has 0 saturated heterocycles. The van der Waals surface area contributed by atoms with Gasteiger partial charge in [-0.15, -0.1) is 11.3 Å². The third-order valence-corrected chi connectivity index (χ3v) is 4.64. The lowest BCUT2D eigenvalue weighted by molar-refractivity contribution is 0.163. The summed E-state index contributed by atoms with van der Waals surface area (Å²) in [5.74, 6) is 0. The molecule has 0 fully saturated rings. The summed E-state index contributed by atoms with van der Waals surface area (Å²) in [5, 5.41) is 21.1. The number of hydrogen-bond donors (Lipinski definition) is 2. The molecule has 5 nitrogen and oxygen atoms in total. The Morgan fingerprint density at radius 2 is 2.21 bits per heavy atom. The van der Waals surface area contributed by atoms with E-state index in [2.05, 4.69) is 11.4 Å². The maximum atomic E-state index is 12.0. The zero-order chi connectivity index (χ0) is 17.5. The first kappa shape index (κ1) is 18.0. The number of urea groups is 1. The molecule has 0 aliphatic heterocycles. The van der Waals surface area contributed by atoms with Crippen molar-refractivity contribution in [1.82, 2.24) is 10.2 Å². The number of carbonyl (C=O) groups excluding carboxylic acids is 1. The highest BCUT2D eigenvalue weighted by Crippen LogP contribution is 2.28. The van der Waals surface area contributed by atoms with Crippen LogP contribution in [0.2, 0.25) is 0 Å². The van der Waals surface area contributed by atoms with E-state index in [9.17, 15) is 9.90 Å². The van der Waals surface area contributed by atoms with Crippen LogP contribution in [0, 0.1) is 11.3 Å². The molecular weight excluding hydrogens is 322 g/mol. The molecule has 2 aromatic rings. The summed E-state index contributed by atoms with van der Waals surface area (Å²) in [6, 6.07) is 13.6. The van der Waals surface area contributed by atoms with E-state index in [1.807, 2.05) is 36.4 Å². The van der Waals surface area contributed by atoms with Crippen LogP contribution in [0.4, 0.5) is 4.79 Å². The maximum absolute atomic E-state index is 12.0. The zero-order valence-electron chi connectivity index (χ0n) is 13.8. The highest BCUT2D eigenvalue weighted by Gasteiger charge is 2.09. The lowest BCUT2D eigenvalue weighted by Crippen LogP contribution is -2.38. The topological polar surface area (TPSA) is 76.4 Å². The average Bonchev–Trinajstić information content (AvgIpc) is 3.07. The second-order valence-electron chi connectivity index (χ2n) is 5.69. The lowest BCUT2D eigenvalue weighted by Gasteiger charge is -2.18. The van der Waals surface area contributed by atoms with Crippen molar-refractivity contribution in [1.29, 1.82) is 5.26 Å². The average molecular weight is 343 g/mol. The Hall–Kier alpha value is -2.36. The zero-order valence-corrected chi connectivity index (χ0v) is 14.6. The number of hydrogen-bond acceptors (Lipinski definition) is 4. The first-order valence-corrected chi connectivity index (χ1v) is 8.57. The molecule has 24 heavy (non-hydrogen) atoms. The van der Waals surface area contributed by atoms with Gasteiger partial charge in [0.1, 0.15) is 10.9 Å². The number of aliphatic hydroxyl groups excluding tert-OH is 1. The van der Waals surface area contributed by atoms with Gasteiger partial charge in [0.25, 0.3) is 0 Å². The minimum absolute atomic E-state index is 0.163. The monoisotopic (exact) mass is 343 g/mol. The molecule has 1 aromatic carbocycles. The van der Waals surface area contributed by atoms with Gasteiger partial charge >= 0.3 is 6.03 Å². The van der Waals surface area contributed by atoms with Crippen molar-refractivity contribution < 1.29 is 9.90 Å². The number of rotatable bonds is 6. The molecule has 6 heteroatoms. The molecule has 1 heterocycles. The van der Waals surface area contributed by atoms with E-state index in [1.54, 1.807) is 18.9 Å². The van der Waals surface area contributed by atoms with Gasteiger partial charge in [0.15, 0.2) is 0 Å². The molecule has 1 atom stereocenters. The van der Waals surface area contributed by atoms with Crippen molar-refractivity contribution in [2.24, 2.45) is 0 Å². The van der Waals surface area contributed by atoms with E-state index in [0.29, 0.717) is 24.4 Å². The standard InChI is InChI=1S/C18H21N3O2S/c1-13(22)8-9-21(2)18(23)20-12-14-4-3-5-15(10-14)17-7-6-16(11-19)24-17/h3-7,10,13,22H,8-9,12H2,1-2H3,(H,20,23)/t13-/m1/s1. The molecule has 0 aliphatic carbocycles. The fourth-order valence-corrected chi connectivity index (χ4v) is 2.98. The highest BCUT2D eigenvalue weighted by molar-refractivity contribution is 7.16. The fourth-order valence-electron chi connectivity index (χ4n) is 2.18. The lowest BCUT2D eigenvalue weighted by atomic mass is 10.1. The Morgan fingerprint density at radius 3 is 2.88 bits per heavy atom. The van der Waals surface area contributed by atoms with Gasteiger partial charge in [0.05, 0.1) is 6.10 Å². The number of carbonyl (C=O) groups is 1. The van der Waals surface area contributed by atoms with Crippen molar-refractivity contribution in [3.05, 3.63) is 46.8 Å². The second-order valence-corrected chi connectivity index (χ2v) is 6.78. The van der Waals surface area contributed by atoms with Gasteiger partial charge in [-0.1, -0.05) is 18.2 Å². The van der Waals surface area contributed by atoms with E-state index in [4.69, 9.17) is 5.26 Å². The van der Waals surface area contributed by atoms with Crippen LogP contribution in [-0.2, 0) is 6.54 Å². The molecule has 2 amide bonds. The van der Waals surface area contributed by atoms with Crippen LogP contribution < -0.4 is 5.32 Å². The van der Waals surface area contributed by atoms with Gasteiger partial charge in [0, 0.05) is 25.0 Å². The van der Waals surface area contributed by atoms with Gasteiger partial charge in [0.2, 0.25) is 0 Å². The molecule has 0 bridgehead atoms. The molecule has 0 radical (unpaired) electrons. The minimum atomic E-state index is -0.416. The molecule has 0 spiro atoms. The Bertz CT molecular complexity index is 734. The molecule has 126 valence electrons. The number of nitrogens with one attached hydrogen (secondary N) is 1. The molecule has 0 unspecified atom stereocenters. The van der Waals surface area contributed by atoms with Gasteiger partial charge in [-0.3, -0.25) is 0 Å². The largest absolute Gasteiger partial charge is 0.393 e. The molecule has 1 aromatic heterocycles. The predicted molar refractivity (Wildman–Crippen MR) is 95.6 cm³/mol. The first-order valence-electron chi connectivity index (χ1n) is 7.76. The van der Waals surface area contributed by atoms with Crippen molar-refractivity contribution in [3.63, 3.8) is 0 Å². The minimum Gasteiger partial charge on any atom is -0.393 e. The number of nitrogens with zero attached hydrogens (tertiary/aromatic N) is 2. The molecular formula is C18H21N3O2S. The number of thiophene rings is 1. The summed E-state index contributed by atoms with van der Waals surface area (Å²) < 4.78 is 0. The summed E-state index contributed by atoms with van der Waals surface area (Å²) >= 11 is 1.45. The molecule has 2 rings (SSSR count). The number of benzene rings is 1. The van der Waals surface area contributed by atoms with E-state index >= 15 is 0 Å². The van der Waals surface area contributed by atoms with Crippen molar-refractivity contribution in [2.75, 3.05) is 13.6 Å². The maximum Gasteiger partial charge on any atom is 0.317 e. The van der Waals surface area contributed by atoms with Gasteiger partial charge in [-0.2, -0.15) is 5.26 Å². The smallest absolute Gasteiger partial charge is 0.317 e. The van der Waals surface area contributed by atoms with Gasteiger partial charge in [-0.25, -0.2) is 4.79 Å². The normalized spacial score (nSPS) is 11.6. The summed E-state index contributed by atoms with van der Waals surface area (Å²) in [4.78, 5) is 15.3.